The van der Waals surface area contributed by atoms with Gasteiger partial charge in [0.2, 0.25) is 0 Å². The van der Waals surface area contributed by atoms with Crippen LogP contribution in [-0.4, -0.2) is 29.2 Å². The Morgan fingerprint density at radius 3 is 2.69 bits per heavy atom. The van der Waals surface area contributed by atoms with Crippen molar-refractivity contribution in [1.82, 2.24) is 15.0 Å². The van der Waals surface area contributed by atoms with E-state index in [1.807, 2.05) is 0 Å². The minimum atomic E-state index is -3.87. The maximum Gasteiger partial charge on any atom is 0.261 e. The summed E-state index contributed by atoms with van der Waals surface area (Å²) in [6, 6.07) is 12.0. The summed E-state index contributed by atoms with van der Waals surface area (Å²) in [5.74, 6) is -0.168. The van der Waals surface area contributed by atoms with Crippen molar-refractivity contribution in [2.75, 3.05) is 10.5 Å². The summed E-state index contributed by atoms with van der Waals surface area (Å²) in [4.78, 5) is 23.8. The summed E-state index contributed by atoms with van der Waals surface area (Å²) in [6.07, 6.45) is 2.80. The Morgan fingerprint density at radius 1 is 1.10 bits per heavy atom. The SMILES string of the molecule is Nc1ncnc2[nH]cc(C(=O)c3cccc(NS(=O)(=O)c4cccc(Cl)c4)c3)c12. The number of nitrogens with zero attached hydrogens (tertiary/aromatic N) is 2. The Labute approximate surface area is 170 Å². The number of nitrogens with one attached hydrogen (secondary N) is 2. The number of nitrogen functional groups attached to an aromatic ring is 1. The summed E-state index contributed by atoms with van der Waals surface area (Å²) in [6.45, 7) is 0. The maximum absolute atomic E-state index is 13.0. The van der Waals surface area contributed by atoms with Gasteiger partial charge in [-0.3, -0.25) is 9.52 Å². The number of halogens is 1. The normalized spacial score (nSPS) is 11.5. The number of nitrogens with two attached hydrogens (primary N) is 1. The van der Waals surface area contributed by atoms with E-state index >= 15 is 0 Å². The number of H-pyrrole nitrogens is 1. The van der Waals surface area contributed by atoms with E-state index in [0.29, 0.717) is 21.6 Å². The van der Waals surface area contributed by atoms with E-state index in [2.05, 4.69) is 19.7 Å². The van der Waals surface area contributed by atoms with Gasteiger partial charge in [0.1, 0.15) is 17.8 Å². The Hall–Kier alpha value is -3.43. The van der Waals surface area contributed by atoms with Crippen molar-refractivity contribution in [1.29, 1.82) is 0 Å². The number of hydrogen-bond donors (Lipinski definition) is 3. The van der Waals surface area contributed by atoms with Gasteiger partial charge in [0.05, 0.1) is 15.8 Å². The molecule has 8 nitrogen and oxygen atoms in total. The van der Waals surface area contributed by atoms with Gasteiger partial charge in [-0.05, 0) is 30.3 Å². The Bertz CT molecular complexity index is 1350. The number of aromatic nitrogens is 3. The lowest BCUT2D eigenvalue weighted by atomic mass is 10.0. The fourth-order valence-electron chi connectivity index (χ4n) is 2.89. The molecular weight excluding hydrogens is 414 g/mol. The number of hydrogen-bond acceptors (Lipinski definition) is 6. The molecule has 4 aromatic rings. The number of carbonyl (C=O) groups excluding carboxylic acids is 1. The molecule has 0 amide bonds. The molecule has 0 aliphatic rings. The summed E-state index contributed by atoms with van der Waals surface area (Å²) in [7, 11) is -3.87. The van der Waals surface area contributed by atoms with Crippen LogP contribution in [0.15, 0.2) is 66.0 Å². The lowest BCUT2D eigenvalue weighted by Gasteiger charge is -2.09. The van der Waals surface area contributed by atoms with E-state index in [9.17, 15) is 13.2 Å². The molecule has 2 heterocycles. The van der Waals surface area contributed by atoms with Crippen LogP contribution in [0.25, 0.3) is 11.0 Å². The molecule has 0 saturated carbocycles. The first kappa shape index (κ1) is 18.9. The van der Waals surface area contributed by atoms with Gasteiger partial charge >= 0.3 is 0 Å². The Morgan fingerprint density at radius 2 is 1.90 bits per heavy atom. The van der Waals surface area contributed by atoms with Gasteiger partial charge in [-0.15, -0.1) is 0 Å². The predicted octanol–water partition coefficient (Wildman–Crippen LogP) is 3.23. The molecule has 146 valence electrons. The fraction of sp³-hybridized carbons (Fsp3) is 0. The maximum atomic E-state index is 13.0. The zero-order valence-electron chi connectivity index (χ0n) is 14.8. The van der Waals surface area contributed by atoms with Crippen molar-refractivity contribution in [2.24, 2.45) is 0 Å². The van der Waals surface area contributed by atoms with Crippen molar-refractivity contribution in [2.45, 2.75) is 4.90 Å². The first-order chi connectivity index (χ1) is 13.8. The van der Waals surface area contributed by atoms with Crippen molar-refractivity contribution >= 4 is 49.9 Å². The summed E-state index contributed by atoms with van der Waals surface area (Å²) < 4.78 is 27.6. The van der Waals surface area contributed by atoms with Crippen molar-refractivity contribution < 1.29 is 13.2 Å². The predicted molar refractivity (Wildman–Crippen MR) is 110 cm³/mol. The monoisotopic (exact) mass is 427 g/mol. The van der Waals surface area contributed by atoms with Crippen LogP contribution in [-0.2, 0) is 10.0 Å². The van der Waals surface area contributed by atoms with Crippen LogP contribution in [0, 0.1) is 0 Å². The van der Waals surface area contributed by atoms with Gasteiger partial charge in [0.15, 0.2) is 5.78 Å². The molecule has 0 aliphatic carbocycles. The number of benzene rings is 2. The van der Waals surface area contributed by atoms with Crippen molar-refractivity contribution in [3.05, 3.63) is 77.2 Å². The van der Waals surface area contributed by atoms with Crippen LogP contribution in [0.5, 0.6) is 0 Å². The largest absolute Gasteiger partial charge is 0.383 e. The molecule has 2 aromatic heterocycles. The molecule has 0 unspecified atom stereocenters. The molecule has 29 heavy (non-hydrogen) atoms. The molecule has 2 aromatic carbocycles. The van der Waals surface area contributed by atoms with E-state index in [0.717, 1.165) is 0 Å². The summed E-state index contributed by atoms with van der Waals surface area (Å²) in [5, 5.41) is 0.721. The average Bonchev–Trinajstić information content (AvgIpc) is 3.13. The van der Waals surface area contributed by atoms with Gasteiger partial charge in [-0.2, -0.15) is 0 Å². The average molecular weight is 428 g/mol. The third-order valence-electron chi connectivity index (χ3n) is 4.23. The van der Waals surface area contributed by atoms with Crippen molar-refractivity contribution in [3.63, 3.8) is 0 Å². The standard InChI is InChI=1S/C19H14ClN5O3S/c20-12-4-2-6-14(8-12)29(27,28)25-13-5-1-3-11(7-13)17(26)15-9-22-19-16(15)18(21)23-10-24-19/h1-10,25H,(H3,21,22,23,24). The van der Waals surface area contributed by atoms with E-state index in [-0.39, 0.29) is 27.7 Å². The van der Waals surface area contributed by atoms with Crippen molar-refractivity contribution in [3.8, 4) is 0 Å². The van der Waals surface area contributed by atoms with Gasteiger partial charge in [-0.25, -0.2) is 18.4 Å². The molecule has 0 bridgehead atoms. The van der Waals surface area contributed by atoms with E-state index in [1.54, 1.807) is 30.3 Å². The van der Waals surface area contributed by atoms with Gasteiger partial charge in [0.25, 0.3) is 10.0 Å². The molecule has 0 saturated heterocycles. The third-order valence-corrected chi connectivity index (χ3v) is 5.84. The number of anilines is 2. The number of rotatable bonds is 5. The minimum Gasteiger partial charge on any atom is -0.383 e. The quantitative estimate of drug-likeness (QED) is 0.419. The van der Waals surface area contributed by atoms with E-state index < -0.39 is 10.0 Å². The number of sulfonamides is 1. The molecule has 0 aliphatic heterocycles. The first-order valence-electron chi connectivity index (χ1n) is 8.36. The number of fused-ring (bicyclic) bond motifs is 1. The van der Waals surface area contributed by atoms with Gasteiger partial charge in [-0.1, -0.05) is 29.8 Å². The topological polar surface area (TPSA) is 131 Å². The molecule has 10 heteroatoms. The van der Waals surface area contributed by atoms with Crippen LogP contribution in [0.2, 0.25) is 5.02 Å². The second kappa shape index (κ2) is 7.19. The zero-order valence-corrected chi connectivity index (χ0v) is 16.3. The molecule has 0 atom stereocenters. The van der Waals surface area contributed by atoms with Crippen LogP contribution >= 0.6 is 11.6 Å². The Balaban J connectivity index is 1.68. The Kier molecular flexibility index (Phi) is 4.69. The van der Waals surface area contributed by atoms with Gasteiger partial charge in [0, 0.05) is 22.5 Å². The number of ketones is 1. The van der Waals surface area contributed by atoms with Crippen LogP contribution in [0.1, 0.15) is 15.9 Å². The molecule has 0 spiro atoms. The van der Waals surface area contributed by atoms with Gasteiger partial charge < -0.3 is 10.7 Å². The smallest absolute Gasteiger partial charge is 0.261 e. The molecule has 4 N–H and O–H groups in total. The molecule has 4 rings (SSSR count). The number of aromatic amines is 1. The second-order valence-electron chi connectivity index (χ2n) is 6.16. The van der Waals surface area contributed by atoms with Crippen LogP contribution in [0.4, 0.5) is 11.5 Å². The first-order valence-corrected chi connectivity index (χ1v) is 10.2. The highest BCUT2D eigenvalue weighted by Gasteiger charge is 2.19. The van der Waals surface area contributed by atoms with E-state index in [4.69, 9.17) is 17.3 Å². The third kappa shape index (κ3) is 3.65. The lowest BCUT2D eigenvalue weighted by molar-refractivity contribution is 0.104. The molecule has 0 radical (unpaired) electrons. The highest BCUT2D eigenvalue weighted by atomic mass is 35.5. The molecular formula is C19H14ClN5O3S. The zero-order chi connectivity index (χ0) is 20.6. The lowest BCUT2D eigenvalue weighted by Crippen LogP contribution is -2.13. The molecule has 0 fully saturated rings. The fourth-order valence-corrected chi connectivity index (χ4v) is 4.24. The van der Waals surface area contributed by atoms with Crippen LogP contribution in [0.3, 0.4) is 0 Å². The highest BCUT2D eigenvalue weighted by Crippen LogP contribution is 2.25. The highest BCUT2D eigenvalue weighted by molar-refractivity contribution is 7.92. The summed E-state index contributed by atoms with van der Waals surface area (Å²) in [5.41, 5.74) is 7.14. The second-order valence-corrected chi connectivity index (χ2v) is 8.28. The van der Waals surface area contributed by atoms with Crippen LogP contribution < -0.4 is 10.5 Å². The summed E-state index contributed by atoms with van der Waals surface area (Å²) >= 11 is 5.88. The van der Waals surface area contributed by atoms with E-state index in [1.165, 1.54) is 30.7 Å². The minimum absolute atomic E-state index is 0.0169. The number of carbonyl (C=O) groups is 1.